The number of carbonyl (C=O) groups excluding carboxylic acids is 2. The molecule has 3 rings (SSSR count). The first kappa shape index (κ1) is 25.1. The molecule has 0 aliphatic heterocycles. The summed E-state index contributed by atoms with van der Waals surface area (Å²) in [5.41, 5.74) is 0.655. The van der Waals surface area contributed by atoms with Gasteiger partial charge in [0.05, 0.1) is 19.1 Å². The van der Waals surface area contributed by atoms with Crippen LogP contribution >= 0.6 is 0 Å². The topological polar surface area (TPSA) is 156 Å². The number of nitrogens with zero attached hydrogens (tertiary/aromatic N) is 3. The summed E-state index contributed by atoms with van der Waals surface area (Å²) >= 11 is 0. The SMILES string of the molecule is COc1cc(OC)cc(C(=O)N[C@H](C(=O)OCc2nnc(-c3ccc([N+](=O)[O-])cc3)o2)C(C)C)c1. The summed E-state index contributed by atoms with van der Waals surface area (Å²) in [5, 5.41) is 21.1. The largest absolute Gasteiger partial charge is 0.497 e. The molecule has 35 heavy (non-hydrogen) atoms. The zero-order chi connectivity index (χ0) is 25.5. The Morgan fingerprint density at radius 2 is 1.69 bits per heavy atom. The van der Waals surface area contributed by atoms with Crippen molar-refractivity contribution in [3.05, 3.63) is 64.0 Å². The Kier molecular flexibility index (Phi) is 7.97. The maximum Gasteiger partial charge on any atom is 0.329 e. The van der Waals surface area contributed by atoms with E-state index in [1.807, 2.05) is 0 Å². The van der Waals surface area contributed by atoms with Crippen LogP contribution in [0.15, 0.2) is 46.9 Å². The molecule has 0 saturated heterocycles. The number of rotatable bonds is 10. The van der Waals surface area contributed by atoms with E-state index in [1.54, 1.807) is 19.9 Å². The molecule has 0 fully saturated rings. The maximum absolute atomic E-state index is 12.8. The van der Waals surface area contributed by atoms with Gasteiger partial charge in [-0.2, -0.15) is 0 Å². The van der Waals surface area contributed by atoms with Gasteiger partial charge in [-0.25, -0.2) is 4.79 Å². The van der Waals surface area contributed by atoms with Crippen molar-refractivity contribution in [2.75, 3.05) is 14.2 Å². The molecule has 1 atom stereocenters. The molecule has 0 radical (unpaired) electrons. The molecule has 0 aliphatic carbocycles. The van der Waals surface area contributed by atoms with E-state index in [9.17, 15) is 19.7 Å². The first-order chi connectivity index (χ1) is 16.7. The minimum Gasteiger partial charge on any atom is -0.497 e. The second kappa shape index (κ2) is 11.1. The maximum atomic E-state index is 12.8. The third-order valence-corrected chi connectivity index (χ3v) is 4.95. The zero-order valence-corrected chi connectivity index (χ0v) is 19.5. The Labute approximate surface area is 200 Å². The monoisotopic (exact) mass is 484 g/mol. The number of esters is 1. The number of amides is 1. The number of hydrogen-bond acceptors (Lipinski definition) is 10. The molecular weight excluding hydrogens is 460 g/mol. The number of non-ortho nitro benzene ring substituents is 1. The van der Waals surface area contributed by atoms with Gasteiger partial charge in [-0.15, -0.1) is 10.2 Å². The van der Waals surface area contributed by atoms with Crippen LogP contribution in [0.1, 0.15) is 30.1 Å². The number of carbonyl (C=O) groups is 2. The van der Waals surface area contributed by atoms with Crippen molar-refractivity contribution in [1.82, 2.24) is 15.5 Å². The third kappa shape index (κ3) is 6.31. The normalized spacial score (nSPS) is 11.6. The summed E-state index contributed by atoms with van der Waals surface area (Å²) in [6.45, 7) is 3.21. The summed E-state index contributed by atoms with van der Waals surface area (Å²) in [7, 11) is 2.94. The number of nitro benzene ring substituents is 1. The van der Waals surface area contributed by atoms with E-state index in [0.717, 1.165) is 0 Å². The van der Waals surface area contributed by atoms with E-state index in [1.165, 1.54) is 50.6 Å². The fourth-order valence-electron chi connectivity index (χ4n) is 3.04. The molecule has 0 aliphatic rings. The van der Waals surface area contributed by atoms with Crippen LogP contribution in [0.2, 0.25) is 0 Å². The lowest BCUT2D eigenvalue weighted by Crippen LogP contribution is -2.45. The highest BCUT2D eigenvalue weighted by Crippen LogP contribution is 2.23. The molecule has 1 amide bonds. The summed E-state index contributed by atoms with van der Waals surface area (Å²) in [6.07, 6.45) is 0. The van der Waals surface area contributed by atoms with Crippen LogP contribution in [0.3, 0.4) is 0 Å². The van der Waals surface area contributed by atoms with Gasteiger partial charge in [0.25, 0.3) is 17.5 Å². The lowest BCUT2D eigenvalue weighted by atomic mass is 10.0. The molecule has 2 aromatic carbocycles. The Balaban J connectivity index is 1.64. The van der Waals surface area contributed by atoms with E-state index in [0.29, 0.717) is 17.1 Å². The van der Waals surface area contributed by atoms with Crippen molar-refractivity contribution < 1.29 is 33.1 Å². The second-order valence-electron chi connectivity index (χ2n) is 7.71. The number of ether oxygens (including phenoxy) is 3. The Bertz CT molecular complexity index is 1180. The molecule has 3 aromatic rings. The predicted molar refractivity (Wildman–Crippen MR) is 122 cm³/mol. The van der Waals surface area contributed by atoms with Gasteiger partial charge >= 0.3 is 5.97 Å². The van der Waals surface area contributed by atoms with Crippen LogP contribution in [0.25, 0.3) is 11.5 Å². The highest BCUT2D eigenvalue weighted by molar-refractivity contribution is 5.97. The lowest BCUT2D eigenvalue weighted by molar-refractivity contribution is -0.384. The molecule has 1 N–H and O–H groups in total. The van der Waals surface area contributed by atoms with Crippen LogP contribution < -0.4 is 14.8 Å². The number of nitro groups is 1. The van der Waals surface area contributed by atoms with Crippen molar-refractivity contribution in [2.45, 2.75) is 26.5 Å². The number of nitrogens with one attached hydrogen (secondary N) is 1. The molecule has 0 spiro atoms. The van der Waals surface area contributed by atoms with E-state index >= 15 is 0 Å². The first-order valence-corrected chi connectivity index (χ1v) is 10.5. The third-order valence-electron chi connectivity index (χ3n) is 4.95. The number of benzene rings is 2. The molecule has 0 saturated carbocycles. The molecule has 1 aromatic heterocycles. The van der Waals surface area contributed by atoms with Gasteiger partial charge in [-0.1, -0.05) is 13.8 Å². The lowest BCUT2D eigenvalue weighted by Gasteiger charge is -2.20. The number of hydrogen-bond donors (Lipinski definition) is 1. The zero-order valence-electron chi connectivity index (χ0n) is 19.5. The molecular formula is C23H24N4O8. The van der Waals surface area contributed by atoms with Crippen LogP contribution in [0.5, 0.6) is 11.5 Å². The number of aromatic nitrogens is 2. The minimum atomic E-state index is -0.947. The Hall–Kier alpha value is -4.48. The number of methoxy groups -OCH3 is 2. The average Bonchev–Trinajstić information content (AvgIpc) is 3.34. The van der Waals surface area contributed by atoms with E-state index < -0.39 is 22.8 Å². The quantitative estimate of drug-likeness (QED) is 0.257. The second-order valence-corrected chi connectivity index (χ2v) is 7.71. The Morgan fingerprint density at radius 1 is 1.06 bits per heavy atom. The van der Waals surface area contributed by atoms with E-state index in [4.69, 9.17) is 18.6 Å². The average molecular weight is 484 g/mol. The fourth-order valence-corrected chi connectivity index (χ4v) is 3.04. The molecule has 184 valence electrons. The van der Waals surface area contributed by atoms with E-state index in [2.05, 4.69) is 15.5 Å². The van der Waals surface area contributed by atoms with Gasteiger partial charge in [-0.3, -0.25) is 14.9 Å². The predicted octanol–water partition coefficient (Wildman–Crippen LogP) is 3.16. The van der Waals surface area contributed by atoms with Crippen molar-refractivity contribution >= 4 is 17.6 Å². The summed E-state index contributed by atoms with van der Waals surface area (Å²) in [5.74, 6) is -0.465. The summed E-state index contributed by atoms with van der Waals surface area (Å²) in [6, 6.07) is 9.30. The molecule has 12 nitrogen and oxygen atoms in total. The standard InChI is InChI=1S/C23H24N4O8/c1-13(2)20(24-21(28)15-9-17(32-3)11-18(10-15)33-4)23(29)34-12-19-25-26-22(35-19)14-5-7-16(8-6-14)27(30)31/h5-11,13,20H,12H2,1-4H3,(H,24,28)/t20-/m0/s1. The van der Waals surface area contributed by atoms with Gasteiger partial charge in [-0.05, 0) is 30.2 Å². The smallest absolute Gasteiger partial charge is 0.329 e. The molecule has 1 heterocycles. The van der Waals surface area contributed by atoms with Gasteiger partial charge < -0.3 is 23.9 Å². The van der Waals surface area contributed by atoms with Crippen LogP contribution in [0, 0.1) is 16.0 Å². The van der Waals surface area contributed by atoms with Crippen molar-refractivity contribution in [3.8, 4) is 23.0 Å². The van der Waals surface area contributed by atoms with Gasteiger partial charge in [0.15, 0.2) is 6.61 Å². The highest BCUT2D eigenvalue weighted by Gasteiger charge is 2.27. The molecule has 0 bridgehead atoms. The fraction of sp³-hybridized carbons (Fsp3) is 0.304. The highest BCUT2D eigenvalue weighted by atomic mass is 16.6. The van der Waals surface area contributed by atoms with Gasteiger partial charge in [0, 0.05) is 29.3 Å². The van der Waals surface area contributed by atoms with Crippen molar-refractivity contribution in [1.29, 1.82) is 0 Å². The minimum absolute atomic E-state index is 0.0260. The molecule has 12 heteroatoms. The van der Waals surface area contributed by atoms with Crippen LogP contribution in [-0.2, 0) is 16.1 Å². The van der Waals surface area contributed by atoms with Crippen molar-refractivity contribution in [3.63, 3.8) is 0 Å². The summed E-state index contributed by atoms with van der Waals surface area (Å²) < 4.78 is 21.1. The van der Waals surface area contributed by atoms with Crippen LogP contribution in [0.4, 0.5) is 5.69 Å². The molecule has 0 unspecified atom stereocenters. The van der Waals surface area contributed by atoms with Gasteiger partial charge in [0.2, 0.25) is 5.89 Å². The summed E-state index contributed by atoms with van der Waals surface area (Å²) in [4.78, 5) is 35.8. The van der Waals surface area contributed by atoms with Gasteiger partial charge in [0.1, 0.15) is 17.5 Å². The van der Waals surface area contributed by atoms with Crippen molar-refractivity contribution in [2.24, 2.45) is 5.92 Å². The Morgan fingerprint density at radius 3 is 2.23 bits per heavy atom. The van der Waals surface area contributed by atoms with Crippen LogP contribution in [-0.4, -0.2) is 47.3 Å². The van der Waals surface area contributed by atoms with E-state index in [-0.39, 0.29) is 35.6 Å². The first-order valence-electron chi connectivity index (χ1n) is 10.5.